The Morgan fingerprint density at radius 1 is 0.652 bits per heavy atom. The van der Waals surface area contributed by atoms with Gasteiger partial charge in [-0.15, -0.1) is 0 Å². The second kappa shape index (κ2) is 32.5. The molecule has 4 rings (SSSR count). The van der Waals surface area contributed by atoms with Crippen LogP contribution in [0.4, 0.5) is 13.2 Å². The van der Waals surface area contributed by atoms with Gasteiger partial charge in [-0.05, 0) is 108 Å². The van der Waals surface area contributed by atoms with E-state index in [9.17, 15) is 65.9 Å². The summed E-state index contributed by atoms with van der Waals surface area (Å²) in [7, 11) is 8.51. The number of nitrogens with zero attached hydrogens (tertiary/aromatic N) is 7. The van der Waals surface area contributed by atoms with Gasteiger partial charge in [0.2, 0.25) is 65.0 Å². The summed E-state index contributed by atoms with van der Waals surface area (Å²) >= 11 is 6.09. The van der Waals surface area contributed by atoms with E-state index in [1.54, 1.807) is 27.7 Å². The van der Waals surface area contributed by atoms with Gasteiger partial charge in [0, 0.05) is 61.3 Å². The van der Waals surface area contributed by atoms with Gasteiger partial charge in [0.1, 0.15) is 47.8 Å². The first-order chi connectivity index (χ1) is 41.3. The van der Waals surface area contributed by atoms with Crippen molar-refractivity contribution in [3.05, 3.63) is 34.3 Å². The molecule has 22 nitrogen and oxygen atoms in total. The van der Waals surface area contributed by atoms with Crippen molar-refractivity contribution in [2.45, 2.75) is 213 Å². The molecule has 3 aliphatic rings. The van der Waals surface area contributed by atoms with Crippen LogP contribution in [-0.2, 0) is 65.3 Å². The number of benzene rings is 1. The Kier molecular flexibility index (Phi) is 27.3. The molecule has 1 aromatic rings. The van der Waals surface area contributed by atoms with Crippen molar-refractivity contribution in [2.24, 2.45) is 23.7 Å². The SMILES string of the molecule is CC[C@H](C)[C@@H]1NC(=O)[C@H](C)N(C)C(=O)C[C@@H](C)N(C)C(=O)[C@H](CC(C)C)NC(=O)C(C)(C)N(C)C(=O)[C@H](CC(C)C)NC(=O)[C@H](CCc2ccc(C(F)(F)F)c(Cl)c2)NC(=O)CN(C)C(=O)[C@H](CC2CCCCC2)N(C)C(=O)C2CCN2C(=O)CN(C)C1=O. The van der Waals surface area contributed by atoms with Gasteiger partial charge < -0.3 is 55.6 Å². The van der Waals surface area contributed by atoms with Crippen molar-refractivity contribution in [2.75, 3.05) is 61.9 Å². The summed E-state index contributed by atoms with van der Waals surface area (Å²) in [6.45, 7) is 16.0. The minimum Gasteiger partial charge on any atom is -0.343 e. The van der Waals surface area contributed by atoms with Crippen LogP contribution >= 0.6 is 11.6 Å². The highest BCUT2D eigenvalue weighted by atomic mass is 35.5. The number of alkyl halides is 3. The van der Waals surface area contributed by atoms with E-state index < -0.39 is 155 Å². The largest absolute Gasteiger partial charge is 0.417 e. The van der Waals surface area contributed by atoms with Gasteiger partial charge in [-0.3, -0.25) is 52.7 Å². The molecule has 0 spiro atoms. The topological polar surface area (TPSA) is 259 Å². The molecule has 4 N–H and O–H groups in total. The number of likely N-dealkylation sites (N-methyl/N-ethyl adjacent to an activating group) is 6. The number of amides is 11. The molecule has 0 radical (unpaired) electrons. The molecule has 3 fully saturated rings. The van der Waals surface area contributed by atoms with Crippen molar-refractivity contribution < 1.29 is 65.9 Å². The Hall–Kier alpha value is -6.53. The summed E-state index contributed by atoms with van der Waals surface area (Å²) in [6, 6.07) is -5.94. The lowest BCUT2D eigenvalue weighted by Crippen LogP contribution is -2.63. The van der Waals surface area contributed by atoms with Crippen LogP contribution in [-0.4, -0.2) is 215 Å². The van der Waals surface area contributed by atoms with E-state index >= 15 is 0 Å². The second-order valence-corrected chi connectivity index (χ2v) is 26.7. The Morgan fingerprint density at radius 2 is 1.24 bits per heavy atom. The second-order valence-electron chi connectivity index (χ2n) is 26.3. The third-order valence-corrected chi connectivity index (χ3v) is 18.5. The standard InChI is InChI=1S/C63H99ClF3N11O11/c1-17-38(6)53-60(88)73(12)35-52(81)78-28-27-48(78)59(87)76(15)49(33-41-21-19-18-20-22-41)58(86)72(11)34-50(79)68-45(26-24-42-23-25-43(44(64)32-42)63(65,66)67)55(83)69-47(30-37(4)5)57(85)77(16)62(9,10)61(89)70-46(29-36(2)3)56(84)74(13)39(7)31-51(80)75(14)40(8)54(82)71-53/h23,25,32,36-41,45-49,53H,17-22,24,26-31,33-35H2,1-16H3,(H,68,79)(H,69,83)(H,70,89)(H,71,82)/t38-,39+,40-,45-,46-,47-,48?,49-,53-/m0/s1. The summed E-state index contributed by atoms with van der Waals surface area (Å²) in [4.78, 5) is 167. The smallest absolute Gasteiger partial charge is 0.343 e. The molecule has 1 aliphatic carbocycles. The monoisotopic (exact) mass is 1280 g/mol. The predicted octanol–water partition coefficient (Wildman–Crippen LogP) is 5.02. The molecule has 1 saturated carbocycles. The molecular formula is C63H99ClF3N11O11. The third kappa shape index (κ3) is 20.0. The van der Waals surface area contributed by atoms with Gasteiger partial charge in [0.05, 0.1) is 23.7 Å². The Morgan fingerprint density at radius 3 is 1.78 bits per heavy atom. The van der Waals surface area contributed by atoms with Crippen LogP contribution in [0.3, 0.4) is 0 Å². The highest BCUT2D eigenvalue weighted by Gasteiger charge is 2.45. The summed E-state index contributed by atoms with van der Waals surface area (Å²) in [5, 5.41) is 10.5. The average Bonchev–Trinajstić information content (AvgIpc) is 1.25. The summed E-state index contributed by atoms with van der Waals surface area (Å²) in [6.07, 6.45) is 0.171. The fourth-order valence-corrected chi connectivity index (χ4v) is 11.7. The van der Waals surface area contributed by atoms with E-state index in [-0.39, 0.29) is 74.8 Å². The summed E-state index contributed by atoms with van der Waals surface area (Å²) < 4.78 is 41.2. The molecule has 26 heteroatoms. The Labute approximate surface area is 528 Å². The number of hydrogen-bond acceptors (Lipinski definition) is 11. The number of nitrogens with one attached hydrogen (secondary N) is 4. The summed E-state index contributed by atoms with van der Waals surface area (Å²) in [5.41, 5.74) is -2.48. The number of halogens is 4. The predicted molar refractivity (Wildman–Crippen MR) is 330 cm³/mol. The van der Waals surface area contributed by atoms with Crippen LogP contribution < -0.4 is 21.3 Å². The molecule has 89 heavy (non-hydrogen) atoms. The summed E-state index contributed by atoms with van der Waals surface area (Å²) in [5.74, 6) is -7.94. The maximum Gasteiger partial charge on any atom is 0.417 e. The zero-order valence-corrected chi connectivity index (χ0v) is 55.9. The van der Waals surface area contributed by atoms with Gasteiger partial charge in [-0.2, -0.15) is 13.2 Å². The first-order valence-corrected chi connectivity index (χ1v) is 31.6. The fraction of sp³-hybridized carbons (Fsp3) is 0.730. The number of rotatable bonds is 11. The van der Waals surface area contributed by atoms with Gasteiger partial charge in [-0.1, -0.05) is 97.7 Å². The Balaban J connectivity index is 1.80. The maximum atomic E-state index is 14.8. The zero-order chi connectivity index (χ0) is 67.3. The maximum absolute atomic E-state index is 14.8. The molecule has 1 aromatic carbocycles. The zero-order valence-electron chi connectivity index (χ0n) is 55.1. The van der Waals surface area contributed by atoms with Crippen molar-refractivity contribution in [1.29, 1.82) is 0 Å². The first kappa shape index (κ1) is 74.9. The van der Waals surface area contributed by atoms with E-state index in [1.807, 2.05) is 20.8 Å². The van der Waals surface area contributed by atoms with Crippen molar-refractivity contribution in [3.8, 4) is 0 Å². The molecular weight excluding hydrogens is 1180 g/mol. The number of fused-ring (bicyclic) bond motifs is 1. The molecule has 1 unspecified atom stereocenters. The van der Waals surface area contributed by atoms with E-state index in [0.717, 1.165) is 54.0 Å². The molecule has 2 aliphatic heterocycles. The molecule has 500 valence electrons. The van der Waals surface area contributed by atoms with Crippen molar-refractivity contribution >= 4 is 76.6 Å². The van der Waals surface area contributed by atoms with Crippen molar-refractivity contribution in [1.82, 2.24) is 55.6 Å². The molecule has 2 heterocycles. The normalized spacial score (nSPS) is 26.4. The van der Waals surface area contributed by atoms with Gasteiger partial charge >= 0.3 is 6.18 Å². The van der Waals surface area contributed by atoms with Crippen LogP contribution in [0, 0.1) is 23.7 Å². The van der Waals surface area contributed by atoms with Crippen LogP contribution in [0.5, 0.6) is 0 Å². The fourth-order valence-electron chi connectivity index (χ4n) is 11.4. The van der Waals surface area contributed by atoms with Gasteiger partial charge in [0.25, 0.3) is 0 Å². The molecule has 2 saturated heterocycles. The molecule has 0 bridgehead atoms. The molecule has 9 atom stereocenters. The molecule has 11 amide bonds. The van der Waals surface area contributed by atoms with Crippen molar-refractivity contribution in [3.63, 3.8) is 0 Å². The molecule has 0 aromatic heterocycles. The lowest BCUT2D eigenvalue weighted by atomic mass is 9.84. The third-order valence-electron chi connectivity index (χ3n) is 18.2. The van der Waals surface area contributed by atoms with E-state index in [2.05, 4.69) is 21.3 Å². The lowest BCUT2D eigenvalue weighted by Gasteiger charge is -2.44. The number of carbonyl (C=O) groups is 11. The van der Waals surface area contributed by atoms with Crippen LogP contribution in [0.2, 0.25) is 5.02 Å². The lowest BCUT2D eigenvalue weighted by molar-refractivity contribution is -0.158. The van der Waals surface area contributed by atoms with Crippen LogP contribution in [0.15, 0.2) is 18.2 Å². The van der Waals surface area contributed by atoms with Crippen LogP contribution in [0.1, 0.15) is 157 Å². The van der Waals surface area contributed by atoms with E-state index in [1.165, 1.54) is 93.6 Å². The van der Waals surface area contributed by atoms with E-state index in [4.69, 9.17) is 11.6 Å². The Bertz CT molecular complexity index is 2730. The average molecular weight is 1280 g/mol. The highest BCUT2D eigenvalue weighted by Crippen LogP contribution is 2.36. The minimum atomic E-state index is -4.75. The highest BCUT2D eigenvalue weighted by molar-refractivity contribution is 6.31. The minimum absolute atomic E-state index is 0.0320. The van der Waals surface area contributed by atoms with Gasteiger partial charge in [-0.25, -0.2) is 0 Å². The number of aryl methyl sites for hydroxylation is 1. The van der Waals surface area contributed by atoms with Gasteiger partial charge in [0.15, 0.2) is 0 Å². The van der Waals surface area contributed by atoms with Crippen LogP contribution in [0.25, 0.3) is 0 Å². The van der Waals surface area contributed by atoms with E-state index in [0.29, 0.717) is 6.42 Å². The first-order valence-electron chi connectivity index (χ1n) is 31.3. The number of carbonyl (C=O) groups excluding carboxylic acids is 11. The number of hydrogen-bond donors (Lipinski definition) is 4. The quantitative estimate of drug-likeness (QED) is 0.229.